The van der Waals surface area contributed by atoms with Gasteiger partial charge in [0.1, 0.15) is 0 Å². The van der Waals surface area contributed by atoms with E-state index in [1.54, 1.807) is 12.1 Å². The van der Waals surface area contributed by atoms with Crippen LogP contribution in [-0.2, 0) is 9.53 Å². The lowest BCUT2D eigenvalue weighted by atomic mass is 10.1. The molecular formula is C10H13N3O3. The summed E-state index contributed by atoms with van der Waals surface area (Å²) >= 11 is 0. The number of benzene rings is 1. The smallest absolute Gasteiger partial charge is 0.340 e. The number of hydrogen-bond donors (Lipinski definition) is 3. The van der Waals surface area contributed by atoms with Crippen molar-refractivity contribution in [3.8, 4) is 0 Å². The predicted octanol–water partition coefficient (Wildman–Crippen LogP) is -0.0474. The van der Waals surface area contributed by atoms with Gasteiger partial charge < -0.3 is 21.5 Å². The van der Waals surface area contributed by atoms with E-state index < -0.39 is 11.9 Å². The van der Waals surface area contributed by atoms with E-state index in [4.69, 9.17) is 11.5 Å². The van der Waals surface area contributed by atoms with Crippen LogP contribution in [0.4, 0.5) is 11.4 Å². The van der Waals surface area contributed by atoms with E-state index in [0.717, 1.165) is 0 Å². The van der Waals surface area contributed by atoms with E-state index in [-0.39, 0.29) is 12.1 Å². The summed E-state index contributed by atoms with van der Waals surface area (Å²) in [4.78, 5) is 22.0. The fraction of sp³-hybridized carbons (Fsp3) is 0.200. The average molecular weight is 223 g/mol. The van der Waals surface area contributed by atoms with Crippen LogP contribution in [0.2, 0.25) is 0 Å². The molecular weight excluding hydrogens is 210 g/mol. The molecule has 1 amide bonds. The van der Waals surface area contributed by atoms with E-state index in [2.05, 4.69) is 10.1 Å². The van der Waals surface area contributed by atoms with Crippen molar-refractivity contribution in [3.63, 3.8) is 0 Å². The second-order valence-electron chi connectivity index (χ2n) is 3.12. The summed E-state index contributed by atoms with van der Waals surface area (Å²) < 4.78 is 4.59. The van der Waals surface area contributed by atoms with E-state index in [1.165, 1.54) is 13.2 Å². The summed E-state index contributed by atoms with van der Waals surface area (Å²) in [5.74, 6) is -1.05. The van der Waals surface area contributed by atoms with Gasteiger partial charge in [0.15, 0.2) is 0 Å². The number of nitrogens with two attached hydrogens (primary N) is 2. The topological polar surface area (TPSA) is 107 Å². The Morgan fingerprint density at radius 3 is 2.69 bits per heavy atom. The molecule has 0 aliphatic heterocycles. The van der Waals surface area contributed by atoms with Crippen LogP contribution in [0.1, 0.15) is 10.4 Å². The third-order valence-electron chi connectivity index (χ3n) is 1.90. The number of amides is 1. The van der Waals surface area contributed by atoms with Crippen LogP contribution in [0.3, 0.4) is 0 Å². The largest absolute Gasteiger partial charge is 0.465 e. The summed E-state index contributed by atoms with van der Waals surface area (Å²) in [7, 11) is 1.27. The molecule has 6 heteroatoms. The first kappa shape index (κ1) is 11.8. The molecule has 0 saturated heterocycles. The Kier molecular flexibility index (Phi) is 3.71. The zero-order valence-corrected chi connectivity index (χ0v) is 8.82. The quantitative estimate of drug-likeness (QED) is 0.490. The van der Waals surface area contributed by atoms with Gasteiger partial charge in [0.05, 0.1) is 19.2 Å². The molecule has 0 aromatic heterocycles. The standard InChI is InChI=1S/C10H13N3O3/c1-16-10(15)7-4-6(11)2-3-8(7)13-5-9(12)14/h2-4,13H,5,11H2,1H3,(H2,12,14). The Morgan fingerprint density at radius 1 is 1.44 bits per heavy atom. The maximum atomic E-state index is 11.4. The van der Waals surface area contributed by atoms with E-state index in [1.807, 2.05) is 0 Å². The number of carbonyl (C=O) groups excluding carboxylic acids is 2. The fourth-order valence-electron chi connectivity index (χ4n) is 1.18. The molecule has 86 valence electrons. The van der Waals surface area contributed by atoms with Crippen LogP contribution in [0.25, 0.3) is 0 Å². The Hall–Kier alpha value is -2.24. The van der Waals surface area contributed by atoms with E-state index in [9.17, 15) is 9.59 Å². The average Bonchev–Trinajstić information content (AvgIpc) is 2.26. The SMILES string of the molecule is COC(=O)c1cc(N)ccc1NCC(N)=O. The minimum Gasteiger partial charge on any atom is -0.465 e. The van der Waals surface area contributed by atoms with Crippen molar-refractivity contribution in [1.29, 1.82) is 0 Å². The van der Waals surface area contributed by atoms with Gasteiger partial charge in [0.25, 0.3) is 0 Å². The number of ether oxygens (including phenoxy) is 1. The molecule has 0 aliphatic carbocycles. The van der Waals surface area contributed by atoms with Gasteiger partial charge in [0, 0.05) is 11.4 Å². The molecule has 6 nitrogen and oxygen atoms in total. The van der Waals surface area contributed by atoms with Crippen LogP contribution in [-0.4, -0.2) is 25.5 Å². The molecule has 0 atom stereocenters. The normalized spacial score (nSPS) is 9.56. The van der Waals surface area contributed by atoms with Crippen LogP contribution in [0.15, 0.2) is 18.2 Å². The summed E-state index contributed by atoms with van der Waals surface area (Å²) in [6, 6.07) is 4.66. The number of anilines is 2. The predicted molar refractivity (Wildman–Crippen MR) is 59.9 cm³/mol. The highest BCUT2D eigenvalue weighted by Crippen LogP contribution is 2.19. The molecule has 0 fully saturated rings. The number of rotatable bonds is 4. The lowest BCUT2D eigenvalue weighted by molar-refractivity contribution is -0.116. The van der Waals surface area contributed by atoms with Gasteiger partial charge in [-0.05, 0) is 18.2 Å². The molecule has 1 rings (SSSR count). The summed E-state index contributed by atoms with van der Waals surface area (Å²) in [5.41, 5.74) is 11.7. The number of esters is 1. The molecule has 1 aromatic rings. The summed E-state index contributed by atoms with van der Waals surface area (Å²) in [5, 5.41) is 2.72. The van der Waals surface area contributed by atoms with Crippen molar-refractivity contribution < 1.29 is 14.3 Å². The third-order valence-corrected chi connectivity index (χ3v) is 1.90. The van der Waals surface area contributed by atoms with Crippen molar-refractivity contribution in [1.82, 2.24) is 0 Å². The van der Waals surface area contributed by atoms with Crippen LogP contribution < -0.4 is 16.8 Å². The van der Waals surface area contributed by atoms with Crippen LogP contribution in [0.5, 0.6) is 0 Å². The van der Waals surface area contributed by atoms with Gasteiger partial charge in [-0.15, -0.1) is 0 Å². The zero-order chi connectivity index (χ0) is 12.1. The Bertz CT molecular complexity index is 418. The van der Waals surface area contributed by atoms with Crippen molar-refractivity contribution in [3.05, 3.63) is 23.8 Å². The van der Waals surface area contributed by atoms with Crippen molar-refractivity contribution in [2.45, 2.75) is 0 Å². The van der Waals surface area contributed by atoms with Gasteiger partial charge in [-0.2, -0.15) is 0 Å². The zero-order valence-electron chi connectivity index (χ0n) is 8.82. The Labute approximate surface area is 92.6 Å². The number of methoxy groups -OCH3 is 1. The Morgan fingerprint density at radius 2 is 2.12 bits per heavy atom. The molecule has 0 bridgehead atoms. The highest BCUT2D eigenvalue weighted by molar-refractivity contribution is 5.97. The van der Waals surface area contributed by atoms with Gasteiger partial charge in [-0.1, -0.05) is 0 Å². The maximum absolute atomic E-state index is 11.4. The number of carbonyl (C=O) groups is 2. The van der Waals surface area contributed by atoms with Crippen molar-refractivity contribution in [2.75, 3.05) is 24.7 Å². The number of primary amides is 1. The molecule has 0 radical (unpaired) electrons. The number of nitrogen functional groups attached to an aromatic ring is 1. The second-order valence-corrected chi connectivity index (χ2v) is 3.12. The molecule has 0 aliphatic rings. The molecule has 5 N–H and O–H groups in total. The van der Waals surface area contributed by atoms with Crippen LogP contribution >= 0.6 is 0 Å². The highest BCUT2D eigenvalue weighted by Gasteiger charge is 2.12. The summed E-state index contributed by atoms with van der Waals surface area (Å²) in [6.45, 7) is -0.0616. The molecule has 16 heavy (non-hydrogen) atoms. The van der Waals surface area contributed by atoms with E-state index in [0.29, 0.717) is 11.4 Å². The first-order chi connectivity index (χ1) is 7.54. The second kappa shape index (κ2) is 5.01. The van der Waals surface area contributed by atoms with Gasteiger partial charge in [-0.25, -0.2) is 4.79 Å². The first-order valence-electron chi connectivity index (χ1n) is 4.54. The fourth-order valence-corrected chi connectivity index (χ4v) is 1.18. The number of nitrogens with one attached hydrogen (secondary N) is 1. The summed E-state index contributed by atoms with van der Waals surface area (Å²) in [6.07, 6.45) is 0. The minimum atomic E-state index is -0.528. The lowest BCUT2D eigenvalue weighted by Gasteiger charge is -2.09. The monoisotopic (exact) mass is 223 g/mol. The molecule has 0 spiro atoms. The van der Waals surface area contributed by atoms with E-state index >= 15 is 0 Å². The number of hydrogen-bond acceptors (Lipinski definition) is 5. The molecule has 0 saturated carbocycles. The van der Waals surface area contributed by atoms with Crippen molar-refractivity contribution >= 4 is 23.3 Å². The third kappa shape index (κ3) is 2.88. The van der Waals surface area contributed by atoms with Gasteiger partial charge in [-0.3, -0.25) is 4.79 Å². The van der Waals surface area contributed by atoms with Gasteiger partial charge >= 0.3 is 5.97 Å². The van der Waals surface area contributed by atoms with Crippen LogP contribution in [0, 0.1) is 0 Å². The highest BCUT2D eigenvalue weighted by atomic mass is 16.5. The lowest BCUT2D eigenvalue weighted by Crippen LogP contribution is -2.22. The molecule has 1 aromatic carbocycles. The molecule has 0 heterocycles. The van der Waals surface area contributed by atoms with Crippen molar-refractivity contribution in [2.24, 2.45) is 5.73 Å². The molecule has 0 unspecified atom stereocenters. The maximum Gasteiger partial charge on any atom is 0.340 e. The minimum absolute atomic E-state index is 0.0616. The van der Waals surface area contributed by atoms with Gasteiger partial charge in [0.2, 0.25) is 5.91 Å². The Balaban J connectivity index is 2.98. The first-order valence-corrected chi connectivity index (χ1v) is 4.54.